The van der Waals surface area contributed by atoms with Gasteiger partial charge in [-0.2, -0.15) is 0 Å². The first kappa shape index (κ1) is 21.3. The van der Waals surface area contributed by atoms with Crippen LogP contribution in [0.2, 0.25) is 0 Å². The van der Waals surface area contributed by atoms with Gasteiger partial charge in [0.05, 0.1) is 0 Å². The van der Waals surface area contributed by atoms with Crippen molar-refractivity contribution in [1.82, 2.24) is 14.7 Å². The van der Waals surface area contributed by atoms with Crippen LogP contribution in [0.15, 0.2) is 69.1 Å². The summed E-state index contributed by atoms with van der Waals surface area (Å²) in [4.78, 5) is 30.6. The Labute approximate surface area is 184 Å². The van der Waals surface area contributed by atoms with Crippen LogP contribution in [0.3, 0.4) is 0 Å². The lowest BCUT2D eigenvalue weighted by Gasteiger charge is -2.24. The van der Waals surface area contributed by atoms with Crippen molar-refractivity contribution in [1.29, 1.82) is 0 Å². The zero-order chi connectivity index (χ0) is 21.8. The molecular weight excluding hydrogens is 413 g/mol. The number of hydrogen-bond acceptors (Lipinski definition) is 4. The molecule has 3 N–H and O–H groups in total. The molecule has 4 rings (SSSR count). The molecule has 1 aliphatic rings. The molecule has 1 aromatic heterocycles. The fourth-order valence-corrected chi connectivity index (χ4v) is 4.67. The van der Waals surface area contributed by atoms with Crippen LogP contribution in [0.25, 0.3) is 5.57 Å². The second-order valence-corrected chi connectivity index (χ2v) is 8.70. The number of aromatic nitrogens is 2. The first-order chi connectivity index (χ1) is 15.0. The molecule has 7 heteroatoms. The molecule has 0 saturated heterocycles. The summed E-state index contributed by atoms with van der Waals surface area (Å²) >= 11 is 1.37. The minimum absolute atomic E-state index is 0.0136. The van der Waals surface area contributed by atoms with E-state index in [2.05, 4.69) is 14.7 Å². The van der Waals surface area contributed by atoms with Gasteiger partial charge in [0.15, 0.2) is 0 Å². The molecule has 0 amide bonds. The average Bonchev–Trinajstić information content (AvgIpc) is 2.77. The fraction of sp³-hybridized carbons (Fsp3) is 0.250. The lowest BCUT2D eigenvalue weighted by atomic mass is 9.83. The van der Waals surface area contributed by atoms with Crippen LogP contribution in [0.5, 0.6) is 0 Å². The van der Waals surface area contributed by atoms with E-state index < -0.39 is 5.69 Å². The second-order valence-electron chi connectivity index (χ2n) is 7.61. The summed E-state index contributed by atoms with van der Waals surface area (Å²) in [6.07, 6.45) is 4.54. The molecule has 1 aliphatic carbocycles. The van der Waals surface area contributed by atoms with E-state index in [0.29, 0.717) is 36.1 Å². The first-order valence-corrected chi connectivity index (χ1v) is 11.1. The second kappa shape index (κ2) is 9.49. The predicted molar refractivity (Wildman–Crippen MR) is 123 cm³/mol. The van der Waals surface area contributed by atoms with Crippen LogP contribution in [0, 0.1) is 5.82 Å². The largest absolute Gasteiger partial charge is 0.325 e. The maximum atomic E-state index is 14.6. The molecule has 2 aromatic carbocycles. The maximum Gasteiger partial charge on any atom is 0.325 e. The van der Waals surface area contributed by atoms with Gasteiger partial charge in [-0.3, -0.25) is 14.5 Å². The Morgan fingerprint density at radius 1 is 1.13 bits per heavy atom. The van der Waals surface area contributed by atoms with Gasteiger partial charge in [0.1, 0.15) is 5.82 Å². The van der Waals surface area contributed by atoms with Gasteiger partial charge < -0.3 is 4.98 Å². The Kier molecular flexibility index (Phi) is 6.53. The molecule has 0 radical (unpaired) electrons. The standard InChI is InChI=1S/C24H24FN3O2S/c1-26-31-18-11-12-19(21(25)14-18)16-7-9-17(10-8-16)22-20(23(29)28-24(30)27-22)13-15-5-3-2-4-6-15/h2-7,11-12,14,17,26H,8-10,13H2,1H3,(H2,27,28,29,30). The van der Waals surface area contributed by atoms with Gasteiger partial charge in [-0.15, -0.1) is 0 Å². The quantitative estimate of drug-likeness (QED) is 0.501. The smallest absolute Gasteiger partial charge is 0.311 e. The highest BCUT2D eigenvalue weighted by molar-refractivity contribution is 7.97. The minimum Gasteiger partial charge on any atom is -0.311 e. The summed E-state index contributed by atoms with van der Waals surface area (Å²) in [6.45, 7) is 0. The van der Waals surface area contributed by atoms with Crippen LogP contribution in [0.1, 0.15) is 47.6 Å². The highest BCUT2D eigenvalue weighted by atomic mass is 32.2. The molecular formula is C24H24FN3O2S. The summed E-state index contributed by atoms with van der Waals surface area (Å²) < 4.78 is 17.6. The van der Waals surface area contributed by atoms with E-state index in [1.165, 1.54) is 18.0 Å². The Morgan fingerprint density at radius 3 is 2.61 bits per heavy atom. The number of allylic oxidation sites excluding steroid dienone is 2. The van der Waals surface area contributed by atoms with E-state index in [1.807, 2.05) is 48.5 Å². The zero-order valence-electron chi connectivity index (χ0n) is 17.2. The Hall–Kier alpha value is -2.90. The number of benzene rings is 2. The Balaban J connectivity index is 1.61. The third kappa shape index (κ3) is 4.89. The Morgan fingerprint density at radius 2 is 1.94 bits per heavy atom. The van der Waals surface area contributed by atoms with Gasteiger partial charge in [0.25, 0.3) is 5.56 Å². The van der Waals surface area contributed by atoms with Crippen molar-refractivity contribution in [2.75, 3.05) is 7.05 Å². The molecule has 160 valence electrons. The van der Waals surface area contributed by atoms with E-state index in [-0.39, 0.29) is 17.3 Å². The number of hydrogen-bond donors (Lipinski definition) is 3. The van der Waals surface area contributed by atoms with Crippen molar-refractivity contribution in [2.45, 2.75) is 36.5 Å². The van der Waals surface area contributed by atoms with E-state index in [0.717, 1.165) is 22.5 Å². The lowest BCUT2D eigenvalue weighted by Crippen LogP contribution is -2.30. The topological polar surface area (TPSA) is 77.8 Å². The van der Waals surface area contributed by atoms with E-state index >= 15 is 0 Å². The summed E-state index contributed by atoms with van der Waals surface area (Å²) in [7, 11) is 1.80. The maximum absolute atomic E-state index is 14.6. The van der Waals surface area contributed by atoms with Gasteiger partial charge in [0, 0.05) is 34.1 Å². The number of rotatable bonds is 6. The van der Waals surface area contributed by atoms with Crippen molar-refractivity contribution in [2.24, 2.45) is 0 Å². The molecule has 0 aliphatic heterocycles. The first-order valence-electron chi connectivity index (χ1n) is 10.3. The van der Waals surface area contributed by atoms with Gasteiger partial charge in [-0.25, -0.2) is 9.18 Å². The Bertz CT molecular complexity index is 1220. The fourth-order valence-electron chi connectivity index (χ4n) is 4.13. The molecule has 1 unspecified atom stereocenters. The third-order valence-corrected chi connectivity index (χ3v) is 6.32. The molecule has 1 heterocycles. The SMILES string of the molecule is CNSc1ccc(C2=CCC(c3[nH]c(=O)[nH]c(=O)c3Cc3ccccc3)CC2)c(F)c1. The van der Waals surface area contributed by atoms with Crippen LogP contribution < -0.4 is 16.0 Å². The summed E-state index contributed by atoms with van der Waals surface area (Å²) in [5, 5.41) is 0. The molecule has 5 nitrogen and oxygen atoms in total. The average molecular weight is 438 g/mol. The number of H-pyrrole nitrogens is 2. The van der Waals surface area contributed by atoms with Gasteiger partial charge in [-0.1, -0.05) is 42.5 Å². The van der Waals surface area contributed by atoms with Gasteiger partial charge in [-0.05, 0) is 61.5 Å². The summed E-state index contributed by atoms with van der Waals surface area (Å²) in [6, 6.07) is 15.0. The van der Waals surface area contributed by atoms with Crippen molar-refractivity contribution < 1.29 is 4.39 Å². The number of halogens is 1. The van der Waals surface area contributed by atoms with Crippen molar-refractivity contribution in [3.8, 4) is 0 Å². The monoisotopic (exact) mass is 437 g/mol. The molecule has 0 bridgehead atoms. The van der Waals surface area contributed by atoms with Gasteiger partial charge >= 0.3 is 5.69 Å². The summed E-state index contributed by atoms with van der Waals surface area (Å²) in [5.74, 6) is -0.223. The number of nitrogens with one attached hydrogen (secondary N) is 3. The molecule has 0 spiro atoms. The summed E-state index contributed by atoms with van der Waals surface area (Å²) in [5.41, 5.74) is 3.03. The van der Waals surface area contributed by atoms with E-state index in [1.54, 1.807) is 7.05 Å². The van der Waals surface area contributed by atoms with Crippen LogP contribution >= 0.6 is 11.9 Å². The predicted octanol–water partition coefficient (Wildman–Crippen LogP) is 4.37. The molecule has 0 fully saturated rings. The van der Waals surface area contributed by atoms with Crippen LogP contribution in [-0.4, -0.2) is 17.0 Å². The van der Waals surface area contributed by atoms with Crippen LogP contribution in [-0.2, 0) is 6.42 Å². The van der Waals surface area contributed by atoms with Crippen molar-refractivity contribution in [3.05, 3.63) is 104 Å². The number of aromatic amines is 2. The minimum atomic E-state index is -0.491. The molecule has 3 aromatic rings. The zero-order valence-corrected chi connectivity index (χ0v) is 18.0. The van der Waals surface area contributed by atoms with Crippen LogP contribution in [0.4, 0.5) is 4.39 Å². The van der Waals surface area contributed by atoms with E-state index in [4.69, 9.17) is 0 Å². The molecule has 31 heavy (non-hydrogen) atoms. The van der Waals surface area contributed by atoms with E-state index in [9.17, 15) is 14.0 Å². The third-order valence-electron chi connectivity index (χ3n) is 5.62. The van der Waals surface area contributed by atoms with Crippen molar-refractivity contribution in [3.63, 3.8) is 0 Å². The van der Waals surface area contributed by atoms with Crippen molar-refractivity contribution >= 4 is 17.5 Å². The molecule has 1 atom stereocenters. The lowest BCUT2D eigenvalue weighted by molar-refractivity contribution is 0.587. The highest BCUT2D eigenvalue weighted by Gasteiger charge is 2.23. The normalized spacial score (nSPS) is 16.2. The molecule has 0 saturated carbocycles. The van der Waals surface area contributed by atoms with Gasteiger partial charge in [0.2, 0.25) is 0 Å². The highest BCUT2D eigenvalue weighted by Crippen LogP contribution is 2.37.